The Balaban J connectivity index is 2.22. The molecule has 1 atom stereocenters. The number of aromatic nitrogens is 5. The lowest BCUT2D eigenvalue weighted by Gasteiger charge is -2.09. The molecule has 2 aromatic heterocycles. The summed E-state index contributed by atoms with van der Waals surface area (Å²) in [6.45, 7) is 2.13. The lowest BCUT2D eigenvalue weighted by molar-refractivity contribution is 0.289. The van der Waals surface area contributed by atoms with E-state index in [0.717, 1.165) is 0 Å². The van der Waals surface area contributed by atoms with Crippen LogP contribution in [0.25, 0.3) is 5.95 Å². The highest BCUT2D eigenvalue weighted by Crippen LogP contribution is 2.22. The quantitative estimate of drug-likeness (QED) is 0.760. The van der Waals surface area contributed by atoms with Gasteiger partial charge < -0.3 is 10.8 Å². The molecule has 8 heteroatoms. The van der Waals surface area contributed by atoms with Gasteiger partial charge in [0.1, 0.15) is 0 Å². The molecule has 7 nitrogen and oxygen atoms in total. The molecule has 0 radical (unpaired) electrons. The van der Waals surface area contributed by atoms with Crippen LogP contribution in [0.1, 0.15) is 13.3 Å². The highest BCUT2D eigenvalue weighted by atomic mass is 32.2. The monoisotopic (exact) mass is 266 g/mol. The SMILES string of the molecule is CC(CCO)Sc1nc(N)nc(-n2cccn2)n1. The van der Waals surface area contributed by atoms with Gasteiger partial charge in [0, 0.05) is 24.3 Å². The third kappa shape index (κ3) is 3.17. The topological polar surface area (TPSA) is 103 Å². The van der Waals surface area contributed by atoms with Crippen molar-refractivity contribution in [1.29, 1.82) is 0 Å². The molecule has 0 aliphatic rings. The van der Waals surface area contributed by atoms with Gasteiger partial charge in [-0.05, 0) is 12.5 Å². The molecule has 0 aromatic carbocycles. The number of hydrogen-bond acceptors (Lipinski definition) is 7. The van der Waals surface area contributed by atoms with Crippen LogP contribution in [0.15, 0.2) is 23.6 Å². The third-order valence-corrected chi connectivity index (χ3v) is 3.20. The maximum Gasteiger partial charge on any atom is 0.256 e. The highest BCUT2D eigenvalue weighted by molar-refractivity contribution is 7.99. The molecule has 0 aliphatic carbocycles. The summed E-state index contributed by atoms with van der Waals surface area (Å²) in [5, 5.41) is 13.7. The molecule has 2 rings (SSSR count). The van der Waals surface area contributed by atoms with Crippen LogP contribution < -0.4 is 5.73 Å². The molecular formula is C10H14N6OS. The van der Waals surface area contributed by atoms with Gasteiger partial charge in [0.05, 0.1) is 0 Å². The predicted octanol–water partition coefficient (Wildman–Crippen LogP) is 0.503. The first-order chi connectivity index (χ1) is 8.69. The van der Waals surface area contributed by atoms with Crippen LogP contribution in [0.5, 0.6) is 0 Å². The first-order valence-corrected chi connectivity index (χ1v) is 6.36. The zero-order valence-corrected chi connectivity index (χ0v) is 10.7. The van der Waals surface area contributed by atoms with Crippen LogP contribution >= 0.6 is 11.8 Å². The van der Waals surface area contributed by atoms with Gasteiger partial charge >= 0.3 is 0 Å². The fourth-order valence-corrected chi connectivity index (χ4v) is 2.19. The number of rotatable bonds is 5. The van der Waals surface area contributed by atoms with Gasteiger partial charge in [0.15, 0.2) is 5.16 Å². The highest BCUT2D eigenvalue weighted by Gasteiger charge is 2.10. The Morgan fingerprint density at radius 2 is 2.28 bits per heavy atom. The Hall–Kier alpha value is -1.67. The van der Waals surface area contributed by atoms with Crippen LogP contribution in [-0.2, 0) is 0 Å². The molecule has 0 amide bonds. The summed E-state index contributed by atoms with van der Waals surface area (Å²) in [5.74, 6) is 0.556. The Labute approximate surface area is 108 Å². The van der Waals surface area contributed by atoms with Gasteiger partial charge in [-0.25, -0.2) is 4.68 Å². The minimum atomic E-state index is 0.140. The first-order valence-electron chi connectivity index (χ1n) is 5.48. The molecule has 0 saturated carbocycles. The van der Waals surface area contributed by atoms with Gasteiger partial charge in [0.2, 0.25) is 5.95 Å². The van der Waals surface area contributed by atoms with E-state index in [0.29, 0.717) is 17.5 Å². The van der Waals surface area contributed by atoms with Crippen LogP contribution in [0.2, 0.25) is 0 Å². The lowest BCUT2D eigenvalue weighted by Crippen LogP contribution is -2.09. The lowest BCUT2D eigenvalue weighted by atomic mass is 10.4. The van der Waals surface area contributed by atoms with Gasteiger partial charge in [0.25, 0.3) is 5.95 Å². The number of anilines is 1. The van der Waals surface area contributed by atoms with E-state index in [1.807, 2.05) is 6.92 Å². The standard InChI is InChI=1S/C10H14N6OS/c1-7(3-6-17)18-10-14-8(11)13-9(15-10)16-5-2-4-12-16/h2,4-5,7,17H,3,6H2,1H3,(H2,11,13,14,15). The van der Waals surface area contributed by atoms with E-state index in [2.05, 4.69) is 20.1 Å². The predicted molar refractivity (Wildman–Crippen MR) is 68.4 cm³/mol. The summed E-state index contributed by atoms with van der Waals surface area (Å²) in [7, 11) is 0. The fourth-order valence-electron chi connectivity index (χ4n) is 1.32. The van der Waals surface area contributed by atoms with Crippen LogP contribution in [-0.4, -0.2) is 41.7 Å². The maximum atomic E-state index is 8.87. The normalized spacial score (nSPS) is 12.6. The van der Waals surface area contributed by atoms with Gasteiger partial charge in [-0.1, -0.05) is 18.7 Å². The molecule has 3 N–H and O–H groups in total. The molecule has 18 heavy (non-hydrogen) atoms. The average Bonchev–Trinajstić information content (AvgIpc) is 2.81. The molecule has 1 unspecified atom stereocenters. The van der Waals surface area contributed by atoms with Gasteiger partial charge in [-0.2, -0.15) is 20.1 Å². The van der Waals surface area contributed by atoms with Crippen molar-refractivity contribution in [3.8, 4) is 5.95 Å². The fraction of sp³-hybridized carbons (Fsp3) is 0.400. The molecule has 0 spiro atoms. The van der Waals surface area contributed by atoms with Gasteiger partial charge in [-0.3, -0.25) is 0 Å². The number of nitrogens with two attached hydrogens (primary N) is 1. The second-order valence-corrected chi connectivity index (χ2v) is 5.07. The third-order valence-electron chi connectivity index (χ3n) is 2.17. The molecule has 2 aromatic rings. The summed E-state index contributed by atoms with van der Waals surface area (Å²) in [6, 6.07) is 1.78. The Morgan fingerprint density at radius 1 is 1.44 bits per heavy atom. The molecule has 96 valence electrons. The minimum absolute atomic E-state index is 0.140. The van der Waals surface area contributed by atoms with Gasteiger partial charge in [-0.15, -0.1) is 0 Å². The van der Waals surface area contributed by atoms with Crippen LogP contribution in [0.4, 0.5) is 5.95 Å². The Bertz CT molecular complexity index is 503. The second-order valence-electron chi connectivity index (χ2n) is 3.67. The number of aliphatic hydroxyl groups is 1. The van der Waals surface area contributed by atoms with Crippen LogP contribution in [0.3, 0.4) is 0 Å². The first kappa shape index (κ1) is 12.8. The van der Waals surface area contributed by atoms with E-state index in [1.54, 1.807) is 18.5 Å². The van der Waals surface area contributed by atoms with E-state index in [4.69, 9.17) is 10.8 Å². The molecule has 0 aliphatic heterocycles. The number of nitrogen functional groups attached to an aromatic ring is 1. The van der Waals surface area contributed by atoms with Crippen molar-refractivity contribution in [3.63, 3.8) is 0 Å². The van der Waals surface area contributed by atoms with Crippen molar-refractivity contribution in [2.24, 2.45) is 0 Å². The van der Waals surface area contributed by atoms with Crippen molar-refractivity contribution in [1.82, 2.24) is 24.7 Å². The summed E-state index contributed by atoms with van der Waals surface area (Å²) in [4.78, 5) is 12.4. The molecular weight excluding hydrogens is 252 g/mol. The average molecular weight is 266 g/mol. The summed E-state index contributed by atoms with van der Waals surface area (Å²) in [5.41, 5.74) is 5.65. The molecule has 0 fully saturated rings. The van der Waals surface area contributed by atoms with Crippen molar-refractivity contribution >= 4 is 17.7 Å². The van der Waals surface area contributed by atoms with E-state index >= 15 is 0 Å². The van der Waals surface area contributed by atoms with Crippen molar-refractivity contribution in [2.45, 2.75) is 23.8 Å². The van der Waals surface area contributed by atoms with E-state index < -0.39 is 0 Å². The summed E-state index contributed by atoms with van der Waals surface area (Å²) >= 11 is 1.45. The van der Waals surface area contributed by atoms with Crippen molar-refractivity contribution in [3.05, 3.63) is 18.5 Å². The second kappa shape index (κ2) is 5.78. The molecule has 0 bridgehead atoms. The van der Waals surface area contributed by atoms with E-state index in [9.17, 15) is 0 Å². The molecule has 0 saturated heterocycles. The number of aliphatic hydroxyl groups excluding tert-OH is 1. The maximum absolute atomic E-state index is 8.87. The summed E-state index contributed by atoms with van der Waals surface area (Å²) in [6.07, 6.45) is 4.05. The largest absolute Gasteiger partial charge is 0.396 e. The number of nitrogens with zero attached hydrogens (tertiary/aromatic N) is 5. The minimum Gasteiger partial charge on any atom is -0.396 e. The molecule has 2 heterocycles. The number of thioether (sulfide) groups is 1. The smallest absolute Gasteiger partial charge is 0.256 e. The zero-order valence-electron chi connectivity index (χ0n) is 9.89. The Kier molecular flexibility index (Phi) is 4.11. The van der Waals surface area contributed by atoms with E-state index in [-0.39, 0.29) is 17.8 Å². The number of hydrogen-bond donors (Lipinski definition) is 2. The zero-order chi connectivity index (χ0) is 13.0. The van der Waals surface area contributed by atoms with Crippen molar-refractivity contribution in [2.75, 3.05) is 12.3 Å². The summed E-state index contributed by atoms with van der Waals surface area (Å²) < 4.78 is 1.53. The Morgan fingerprint density at radius 3 is 2.94 bits per heavy atom. The van der Waals surface area contributed by atoms with Crippen molar-refractivity contribution < 1.29 is 5.11 Å². The van der Waals surface area contributed by atoms with Crippen LogP contribution in [0, 0.1) is 0 Å². The van der Waals surface area contributed by atoms with E-state index in [1.165, 1.54) is 16.4 Å².